The van der Waals surface area contributed by atoms with E-state index in [2.05, 4.69) is 25.6 Å². The molecule has 2 aromatic carbocycles. The zero-order valence-corrected chi connectivity index (χ0v) is 22.8. The van der Waals surface area contributed by atoms with Gasteiger partial charge in [-0.05, 0) is 69.8 Å². The number of likely N-dealkylation sites (N-methyl/N-ethyl adjacent to an activating group) is 1. The van der Waals surface area contributed by atoms with E-state index in [1.807, 2.05) is 32.8 Å². The number of halogens is 3. The van der Waals surface area contributed by atoms with E-state index in [-0.39, 0.29) is 11.3 Å². The molecule has 3 heterocycles. The highest BCUT2D eigenvalue weighted by molar-refractivity contribution is 6.05. The van der Waals surface area contributed by atoms with Crippen molar-refractivity contribution in [3.63, 3.8) is 0 Å². The number of alkyl halides is 3. The molecule has 40 heavy (non-hydrogen) atoms. The minimum Gasteiger partial charge on any atom is -0.370 e. The van der Waals surface area contributed by atoms with Crippen LogP contribution in [0.15, 0.2) is 48.8 Å². The van der Waals surface area contributed by atoms with Gasteiger partial charge >= 0.3 is 6.18 Å². The van der Waals surface area contributed by atoms with E-state index in [0.29, 0.717) is 30.2 Å². The summed E-state index contributed by atoms with van der Waals surface area (Å²) in [5.41, 5.74) is 3.90. The number of aromatic nitrogens is 5. The summed E-state index contributed by atoms with van der Waals surface area (Å²) in [7, 11) is 3.84. The third-order valence-corrected chi connectivity index (χ3v) is 7.31. The Morgan fingerprint density at radius 1 is 1.00 bits per heavy atom. The third kappa shape index (κ3) is 5.71. The van der Waals surface area contributed by atoms with Gasteiger partial charge in [0.05, 0.1) is 23.6 Å². The van der Waals surface area contributed by atoms with E-state index in [4.69, 9.17) is 0 Å². The van der Waals surface area contributed by atoms with Crippen molar-refractivity contribution in [3.8, 4) is 16.9 Å². The first-order chi connectivity index (χ1) is 19.0. The normalized spacial score (nSPS) is 14.8. The first kappa shape index (κ1) is 27.4. The predicted octanol–water partition coefficient (Wildman–Crippen LogP) is 4.70. The Morgan fingerprint density at radius 3 is 2.52 bits per heavy atom. The molecule has 1 amide bonds. The second kappa shape index (κ2) is 10.8. The molecule has 4 aromatic rings. The van der Waals surface area contributed by atoms with Crippen LogP contribution in [0.2, 0.25) is 0 Å². The summed E-state index contributed by atoms with van der Waals surface area (Å²) in [4.78, 5) is 17.3. The Labute approximate surface area is 230 Å². The zero-order chi connectivity index (χ0) is 28.6. The lowest BCUT2D eigenvalue weighted by Gasteiger charge is -2.25. The number of carbonyl (C=O) groups is 1. The van der Waals surface area contributed by atoms with Crippen LogP contribution < -0.4 is 10.2 Å². The van der Waals surface area contributed by atoms with Crippen molar-refractivity contribution in [2.75, 3.05) is 43.4 Å². The fraction of sp³-hybridized carbons (Fsp3) is 0.357. The maximum atomic E-state index is 13.8. The summed E-state index contributed by atoms with van der Waals surface area (Å²) in [5, 5.41) is 15.4. The molecule has 0 aliphatic carbocycles. The first-order valence-corrected chi connectivity index (χ1v) is 13.0. The molecule has 5 rings (SSSR count). The Hall–Kier alpha value is -4.19. The lowest BCUT2D eigenvalue weighted by molar-refractivity contribution is -0.137. The van der Waals surface area contributed by atoms with Gasteiger partial charge in [-0.2, -0.15) is 18.3 Å². The van der Waals surface area contributed by atoms with Gasteiger partial charge in [0.2, 0.25) is 0 Å². The van der Waals surface area contributed by atoms with Crippen LogP contribution in [-0.4, -0.2) is 68.8 Å². The summed E-state index contributed by atoms with van der Waals surface area (Å²) in [6.07, 6.45) is -0.239. The van der Waals surface area contributed by atoms with Crippen molar-refractivity contribution in [1.82, 2.24) is 29.7 Å². The van der Waals surface area contributed by atoms with Gasteiger partial charge in [0.25, 0.3) is 5.91 Å². The van der Waals surface area contributed by atoms with Crippen LogP contribution in [0, 0.1) is 13.8 Å². The molecule has 1 aliphatic rings. The Morgan fingerprint density at radius 2 is 1.80 bits per heavy atom. The van der Waals surface area contributed by atoms with Crippen molar-refractivity contribution in [3.05, 3.63) is 71.2 Å². The highest BCUT2D eigenvalue weighted by Crippen LogP contribution is 2.35. The summed E-state index contributed by atoms with van der Waals surface area (Å²) >= 11 is 0. The topological polar surface area (TPSA) is 84.1 Å². The van der Waals surface area contributed by atoms with Gasteiger partial charge in [0.1, 0.15) is 5.69 Å². The average Bonchev–Trinajstić information content (AvgIpc) is 3.44. The minimum atomic E-state index is -4.55. The van der Waals surface area contributed by atoms with E-state index >= 15 is 0 Å². The molecule has 2 aromatic heterocycles. The second-order valence-electron chi connectivity index (χ2n) is 10.2. The van der Waals surface area contributed by atoms with Gasteiger partial charge in [-0.3, -0.25) is 9.48 Å². The molecule has 0 atom stereocenters. The largest absolute Gasteiger partial charge is 0.416 e. The number of rotatable bonds is 5. The smallest absolute Gasteiger partial charge is 0.370 e. The maximum Gasteiger partial charge on any atom is 0.416 e. The molecular weight excluding hydrogens is 521 g/mol. The summed E-state index contributed by atoms with van der Waals surface area (Å²) in [6.45, 7) is 6.68. The number of amides is 1. The van der Waals surface area contributed by atoms with E-state index < -0.39 is 17.6 Å². The number of hydrogen-bond acceptors (Lipinski definition) is 6. The molecular formula is C28H31F3N8O. The standard InChI is InChI=1S/C28H31F3N8O/c1-18-6-7-20(12-26(18)39-17-25(34-35-39)24-16-32-37(4)19(24)2)27(40)33-22-13-21(28(29,30)31)14-23(15-22)38-9-5-8-36(3)10-11-38/h6-7,12-17H,5,8-11H2,1-4H3,(H,33,40). The number of hydrogen-bond donors (Lipinski definition) is 1. The highest BCUT2D eigenvalue weighted by atomic mass is 19.4. The van der Waals surface area contributed by atoms with Crippen molar-refractivity contribution in [1.29, 1.82) is 0 Å². The van der Waals surface area contributed by atoms with Gasteiger partial charge in [-0.1, -0.05) is 11.3 Å². The molecule has 0 unspecified atom stereocenters. The SMILES string of the molecule is Cc1ccc(C(=O)Nc2cc(N3CCCN(C)CC3)cc(C(F)(F)F)c2)cc1-n1cc(-c2cnn(C)c2C)nn1. The first-order valence-electron chi connectivity index (χ1n) is 13.0. The van der Waals surface area contributed by atoms with Crippen LogP contribution in [0.1, 0.15) is 33.6 Å². The monoisotopic (exact) mass is 552 g/mol. The van der Waals surface area contributed by atoms with Crippen LogP contribution in [0.5, 0.6) is 0 Å². The molecule has 210 valence electrons. The van der Waals surface area contributed by atoms with Crippen molar-refractivity contribution in [2.24, 2.45) is 7.05 Å². The van der Waals surface area contributed by atoms with Crippen LogP contribution >= 0.6 is 0 Å². The Bertz CT molecular complexity index is 1540. The van der Waals surface area contributed by atoms with Crippen molar-refractivity contribution in [2.45, 2.75) is 26.4 Å². The number of nitrogens with one attached hydrogen (secondary N) is 1. The number of nitrogens with zero attached hydrogens (tertiary/aromatic N) is 7. The second-order valence-corrected chi connectivity index (χ2v) is 10.2. The average molecular weight is 553 g/mol. The molecule has 0 saturated carbocycles. The molecule has 12 heteroatoms. The molecule has 0 radical (unpaired) electrons. The van der Waals surface area contributed by atoms with Crippen LogP contribution in [0.25, 0.3) is 16.9 Å². The number of anilines is 2. The third-order valence-electron chi connectivity index (χ3n) is 7.31. The lowest BCUT2D eigenvalue weighted by atomic mass is 10.1. The van der Waals surface area contributed by atoms with E-state index in [1.165, 1.54) is 0 Å². The Balaban J connectivity index is 1.42. The summed E-state index contributed by atoms with van der Waals surface area (Å²) in [6, 6.07) is 8.78. The van der Waals surface area contributed by atoms with Crippen molar-refractivity contribution < 1.29 is 18.0 Å². The van der Waals surface area contributed by atoms with Crippen molar-refractivity contribution >= 4 is 17.3 Å². The fourth-order valence-corrected chi connectivity index (χ4v) is 4.79. The van der Waals surface area contributed by atoms with Gasteiger partial charge in [-0.15, -0.1) is 5.10 Å². The van der Waals surface area contributed by atoms with Gasteiger partial charge in [0, 0.05) is 54.9 Å². The molecule has 9 nitrogen and oxygen atoms in total. The molecule has 0 spiro atoms. The predicted molar refractivity (Wildman–Crippen MR) is 147 cm³/mol. The minimum absolute atomic E-state index is 0.0876. The molecule has 1 N–H and O–H groups in total. The van der Waals surface area contributed by atoms with Gasteiger partial charge in [0.15, 0.2) is 0 Å². The zero-order valence-electron chi connectivity index (χ0n) is 22.8. The van der Waals surface area contributed by atoms with Crippen LogP contribution in [-0.2, 0) is 13.2 Å². The van der Waals surface area contributed by atoms with E-state index in [0.717, 1.165) is 48.5 Å². The number of benzene rings is 2. The lowest BCUT2D eigenvalue weighted by Crippen LogP contribution is -2.29. The molecule has 0 bridgehead atoms. The number of aryl methyl sites for hydroxylation is 2. The maximum absolute atomic E-state index is 13.8. The highest BCUT2D eigenvalue weighted by Gasteiger charge is 2.32. The van der Waals surface area contributed by atoms with E-state index in [1.54, 1.807) is 46.0 Å². The summed E-state index contributed by atoms with van der Waals surface area (Å²) in [5.74, 6) is -0.523. The van der Waals surface area contributed by atoms with Crippen LogP contribution in [0.4, 0.5) is 24.5 Å². The fourth-order valence-electron chi connectivity index (χ4n) is 4.79. The quantitative estimate of drug-likeness (QED) is 0.387. The Kier molecular flexibility index (Phi) is 7.37. The molecule has 1 fully saturated rings. The number of carbonyl (C=O) groups excluding carboxylic acids is 1. The molecule has 1 aliphatic heterocycles. The summed E-state index contributed by atoms with van der Waals surface area (Å²) < 4.78 is 44.7. The molecule has 1 saturated heterocycles. The van der Waals surface area contributed by atoms with E-state index in [9.17, 15) is 18.0 Å². The van der Waals surface area contributed by atoms with Gasteiger partial charge < -0.3 is 15.1 Å². The van der Waals surface area contributed by atoms with Crippen LogP contribution in [0.3, 0.4) is 0 Å². The van der Waals surface area contributed by atoms with Gasteiger partial charge in [-0.25, -0.2) is 4.68 Å².